The molecule has 0 aliphatic carbocycles. The summed E-state index contributed by atoms with van der Waals surface area (Å²) in [6, 6.07) is 15.5. The van der Waals surface area contributed by atoms with Crippen LogP contribution in [0, 0.1) is 6.92 Å². The number of amides is 1. The van der Waals surface area contributed by atoms with Crippen molar-refractivity contribution in [2.45, 2.75) is 33.2 Å². The number of rotatable bonds is 7. The van der Waals surface area contributed by atoms with Crippen LogP contribution in [0.15, 0.2) is 60.9 Å². The molecule has 0 unspecified atom stereocenters. The zero-order valence-corrected chi connectivity index (χ0v) is 24.4. The summed E-state index contributed by atoms with van der Waals surface area (Å²) in [6.07, 6.45) is 4.11. The van der Waals surface area contributed by atoms with Crippen LogP contribution in [0.5, 0.6) is 5.75 Å². The van der Waals surface area contributed by atoms with Gasteiger partial charge >= 0.3 is 0 Å². The first kappa shape index (κ1) is 28.5. The van der Waals surface area contributed by atoms with Gasteiger partial charge < -0.3 is 14.9 Å². The zero-order valence-electron chi connectivity index (χ0n) is 23.6. The summed E-state index contributed by atoms with van der Waals surface area (Å²) in [7, 11) is 3.74. The Morgan fingerprint density at radius 2 is 1.69 bits per heavy atom. The Bertz CT molecular complexity index is 1360. The van der Waals surface area contributed by atoms with Crippen LogP contribution in [-0.2, 0) is 4.79 Å². The largest absolute Gasteiger partial charge is 0.505 e. The number of piperazine rings is 1. The summed E-state index contributed by atoms with van der Waals surface area (Å²) in [5, 5.41) is 11.8. The monoisotopic (exact) mass is 547 g/mol. The third-order valence-electron chi connectivity index (χ3n) is 7.01. The lowest BCUT2D eigenvalue weighted by atomic mass is 9.99. The van der Waals surface area contributed by atoms with E-state index in [1.54, 1.807) is 24.5 Å². The van der Waals surface area contributed by atoms with Gasteiger partial charge in [0.2, 0.25) is 6.41 Å². The molecule has 2 heterocycles. The van der Waals surface area contributed by atoms with E-state index >= 15 is 0 Å². The van der Waals surface area contributed by atoms with Crippen molar-refractivity contribution < 1.29 is 9.90 Å². The van der Waals surface area contributed by atoms with Gasteiger partial charge in [-0.05, 0) is 63.6 Å². The summed E-state index contributed by atoms with van der Waals surface area (Å²) in [4.78, 5) is 24.5. The van der Waals surface area contributed by atoms with Gasteiger partial charge in [0.25, 0.3) is 0 Å². The normalized spacial score (nSPS) is 14.6. The summed E-state index contributed by atoms with van der Waals surface area (Å²) in [5.74, 6) is 0.0962. The lowest BCUT2D eigenvalue weighted by Crippen LogP contribution is -2.53. The average molecular weight is 548 g/mol. The minimum Gasteiger partial charge on any atom is -0.505 e. The van der Waals surface area contributed by atoms with Gasteiger partial charge in [-0.1, -0.05) is 29.8 Å². The first-order valence-corrected chi connectivity index (χ1v) is 13.5. The molecule has 1 amide bonds. The Morgan fingerprint density at radius 3 is 2.31 bits per heavy atom. The van der Waals surface area contributed by atoms with Gasteiger partial charge in [-0.25, -0.2) is 4.98 Å². The number of anilines is 2. The Labute approximate surface area is 236 Å². The molecule has 0 atom stereocenters. The molecule has 0 radical (unpaired) electrons. The third kappa shape index (κ3) is 6.54. The van der Waals surface area contributed by atoms with Crippen molar-refractivity contribution in [2.75, 3.05) is 50.1 Å². The molecular weight excluding hydrogens is 510 g/mol. The van der Waals surface area contributed by atoms with Crippen LogP contribution in [0.2, 0.25) is 5.02 Å². The molecule has 0 saturated carbocycles. The maximum absolute atomic E-state index is 11.7. The molecule has 1 fully saturated rings. The van der Waals surface area contributed by atoms with Crippen molar-refractivity contribution in [1.29, 1.82) is 0 Å². The molecule has 1 saturated heterocycles. The second kappa shape index (κ2) is 11.7. The zero-order chi connectivity index (χ0) is 28.3. The fourth-order valence-electron chi connectivity index (χ4n) is 4.83. The fraction of sp³-hybridized carbons (Fsp3) is 0.355. The molecule has 4 rings (SSSR count). The number of nitrogens with zero attached hydrogens (tertiary/aromatic N) is 5. The molecule has 7 nitrogen and oxygen atoms in total. The number of aromatic hydroxyl groups is 1. The Balaban J connectivity index is 1.64. The van der Waals surface area contributed by atoms with E-state index in [1.165, 1.54) is 4.90 Å². The highest BCUT2D eigenvalue weighted by Gasteiger charge is 2.26. The van der Waals surface area contributed by atoms with Gasteiger partial charge in [0.15, 0.2) is 0 Å². The molecule has 1 aromatic heterocycles. The molecule has 1 N–H and O–H groups in total. The second-order valence-electron chi connectivity index (χ2n) is 11.1. The van der Waals surface area contributed by atoms with Crippen molar-refractivity contribution in [3.05, 3.63) is 71.6 Å². The maximum atomic E-state index is 11.7. The smallest absolute Gasteiger partial charge is 0.218 e. The first-order valence-electron chi connectivity index (χ1n) is 13.2. The predicted octanol–water partition coefficient (Wildman–Crippen LogP) is 6.00. The highest BCUT2D eigenvalue weighted by molar-refractivity contribution is 6.34. The van der Waals surface area contributed by atoms with E-state index in [0.717, 1.165) is 48.7 Å². The fourth-order valence-corrected chi connectivity index (χ4v) is 5.11. The van der Waals surface area contributed by atoms with Crippen LogP contribution in [0.1, 0.15) is 26.5 Å². The van der Waals surface area contributed by atoms with Gasteiger partial charge in [0.05, 0.1) is 10.7 Å². The summed E-state index contributed by atoms with van der Waals surface area (Å²) in [6.45, 7) is 12.6. The molecule has 0 bridgehead atoms. The number of aryl methyl sites for hydroxylation is 1. The number of benzene rings is 2. The maximum Gasteiger partial charge on any atom is 0.218 e. The molecule has 206 valence electrons. The molecule has 39 heavy (non-hydrogen) atoms. The number of halogens is 1. The number of carbonyl (C=O) groups is 1. The number of carbonyl (C=O) groups excluding carboxylic acids is 1. The average Bonchev–Trinajstić information content (AvgIpc) is 2.90. The Kier molecular flexibility index (Phi) is 8.52. The van der Waals surface area contributed by atoms with E-state index in [4.69, 9.17) is 11.6 Å². The first-order chi connectivity index (χ1) is 18.5. The number of aromatic nitrogens is 1. The van der Waals surface area contributed by atoms with Crippen LogP contribution < -0.4 is 9.80 Å². The van der Waals surface area contributed by atoms with E-state index in [-0.39, 0.29) is 11.3 Å². The van der Waals surface area contributed by atoms with Gasteiger partial charge in [-0.2, -0.15) is 0 Å². The van der Waals surface area contributed by atoms with Crippen molar-refractivity contribution in [3.8, 4) is 28.1 Å². The molecule has 8 heteroatoms. The number of hydrogen-bond acceptors (Lipinski definition) is 6. The van der Waals surface area contributed by atoms with Crippen LogP contribution in [0.25, 0.3) is 22.4 Å². The predicted molar refractivity (Wildman–Crippen MR) is 161 cm³/mol. The van der Waals surface area contributed by atoms with Crippen molar-refractivity contribution >= 4 is 29.4 Å². The van der Waals surface area contributed by atoms with Gasteiger partial charge in [-0.3, -0.25) is 14.6 Å². The molecule has 2 aromatic carbocycles. The molecule has 0 spiro atoms. The van der Waals surface area contributed by atoms with Crippen molar-refractivity contribution in [1.82, 2.24) is 14.8 Å². The summed E-state index contributed by atoms with van der Waals surface area (Å²) < 4.78 is 0. The SMILES string of the molecule is Cc1cc(-c2cccc(N3CCN(C(C)(C)C)CC3)c2)c(O)c(-c2ccc(N(C=O)/C=C\N(C)C)c(Cl)c2)n1. The van der Waals surface area contributed by atoms with Gasteiger partial charge in [0, 0.05) is 80.7 Å². The second-order valence-corrected chi connectivity index (χ2v) is 11.6. The van der Waals surface area contributed by atoms with Crippen LogP contribution in [0.3, 0.4) is 0 Å². The molecule has 3 aromatic rings. The number of hydrogen-bond donors (Lipinski definition) is 1. The minimum atomic E-state index is 0.0962. The summed E-state index contributed by atoms with van der Waals surface area (Å²) in [5.41, 5.74) is 5.40. The van der Waals surface area contributed by atoms with E-state index < -0.39 is 0 Å². The van der Waals surface area contributed by atoms with E-state index in [9.17, 15) is 9.90 Å². The van der Waals surface area contributed by atoms with Crippen molar-refractivity contribution in [3.63, 3.8) is 0 Å². The lowest BCUT2D eigenvalue weighted by molar-refractivity contribution is -0.106. The van der Waals surface area contributed by atoms with E-state index in [2.05, 4.69) is 47.7 Å². The van der Waals surface area contributed by atoms with E-state index in [0.29, 0.717) is 28.4 Å². The molecule has 1 aliphatic heterocycles. The molecular formula is C31H38ClN5O2. The molecule has 1 aliphatic rings. The Hall–Kier alpha value is -3.55. The van der Waals surface area contributed by atoms with Crippen LogP contribution >= 0.6 is 11.6 Å². The van der Waals surface area contributed by atoms with Crippen molar-refractivity contribution in [2.24, 2.45) is 0 Å². The van der Waals surface area contributed by atoms with Gasteiger partial charge in [-0.15, -0.1) is 0 Å². The van der Waals surface area contributed by atoms with Crippen LogP contribution in [-0.4, -0.2) is 72.1 Å². The summed E-state index contributed by atoms with van der Waals surface area (Å²) >= 11 is 6.60. The Morgan fingerprint density at radius 1 is 0.974 bits per heavy atom. The highest BCUT2D eigenvalue weighted by atomic mass is 35.5. The lowest BCUT2D eigenvalue weighted by Gasteiger charge is -2.43. The van der Waals surface area contributed by atoms with E-state index in [1.807, 2.05) is 50.2 Å². The van der Waals surface area contributed by atoms with Gasteiger partial charge in [0.1, 0.15) is 11.4 Å². The number of pyridine rings is 1. The van der Waals surface area contributed by atoms with Crippen LogP contribution in [0.4, 0.5) is 11.4 Å². The third-order valence-corrected chi connectivity index (χ3v) is 7.31. The minimum absolute atomic E-state index is 0.0962. The highest BCUT2D eigenvalue weighted by Crippen LogP contribution is 2.40. The topological polar surface area (TPSA) is 63.2 Å². The quantitative estimate of drug-likeness (QED) is 0.366. The standard InChI is InChI=1S/C31H38ClN5O2/c1-22-18-26(23-8-7-9-25(19-23)35-14-16-37(17-15-35)31(2,3)4)30(39)29(33-22)24-10-11-28(27(32)20-24)36(21-38)13-12-34(5)6/h7-13,18-21,39H,14-17H2,1-6H3/b13-12-.